The number of hydrogen-bond acceptors (Lipinski definition) is 3. The van der Waals surface area contributed by atoms with E-state index in [0.29, 0.717) is 12.0 Å². The van der Waals surface area contributed by atoms with Gasteiger partial charge in [0.2, 0.25) is 0 Å². The largest absolute Gasteiger partial charge is 0.381 e. The van der Waals surface area contributed by atoms with Crippen molar-refractivity contribution in [2.75, 3.05) is 20.3 Å². The predicted molar refractivity (Wildman–Crippen MR) is 73.7 cm³/mol. The van der Waals surface area contributed by atoms with E-state index in [1.165, 1.54) is 38.5 Å². The number of hydrogen-bond donors (Lipinski definition) is 1. The van der Waals surface area contributed by atoms with Crippen molar-refractivity contribution < 1.29 is 4.74 Å². The quantitative estimate of drug-likeness (QED) is 0.814. The summed E-state index contributed by atoms with van der Waals surface area (Å²) < 4.78 is 5.54. The molecule has 0 radical (unpaired) electrons. The number of nitrogens with one attached hydrogen (secondary N) is 1. The first-order chi connectivity index (χ1) is 8.74. The first-order valence-corrected chi connectivity index (χ1v) is 7.79. The number of nitrogens with zero attached hydrogens (tertiary/aromatic N) is 1. The molecule has 4 atom stereocenters. The van der Waals surface area contributed by atoms with Crippen molar-refractivity contribution in [3.8, 4) is 0 Å². The van der Waals surface area contributed by atoms with Crippen molar-refractivity contribution in [1.29, 1.82) is 0 Å². The Morgan fingerprint density at radius 2 is 1.83 bits per heavy atom. The second-order valence-corrected chi connectivity index (χ2v) is 6.69. The van der Waals surface area contributed by atoms with Crippen molar-refractivity contribution >= 4 is 0 Å². The summed E-state index contributed by atoms with van der Waals surface area (Å²) in [6.45, 7) is 4.21. The molecular formula is C15H28N2O. The molecule has 0 aromatic rings. The Morgan fingerprint density at radius 3 is 2.50 bits per heavy atom. The SMILES string of the molecule is CC1COCCC1NC1CC2CCCC(C1)N2C. The van der Waals surface area contributed by atoms with Crippen LogP contribution in [-0.4, -0.2) is 49.3 Å². The molecule has 3 aliphatic heterocycles. The van der Waals surface area contributed by atoms with E-state index < -0.39 is 0 Å². The van der Waals surface area contributed by atoms with Crippen LogP contribution in [0, 0.1) is 5.92 Å². The highest BCUT2D eigenvalue weighted by atomic mass is 16.5. The summed E-state index contributed by atoms with van der Waals surface area (Å²) in [5.41, 5.74) is 0. The molecule has 18 heavy (non-hydrogen) atoms. The average molecular weight is 252 g/mol. The Bertz CT molecular complexity index is 270. The molecule has 3 heteroatoms. The maximum absolute atomic E-state index is 5.54. The minimum atomic E-state index is 0.679. The molecule has 1 N–H and O–H groups in total. The van der Waals surface area contributed by atoms with E-state index in [4.69, 9.17) is 4.74 Å². The van der Waals surface area contributed by atoms with Gasteiger partial charge in [0.25, 0.3) is 0 Å². The zero-order valence-electron chi connectivity index (χ0n) is 11.9. The number of piperidine rings is 2. The van der Waals surface area contributed by atoms with E-state index in [9.17, 15) is 0 Å². The molecule has 104 valence electrons. The molecule has 0 amide bonds. The molecule has 4 unspecified atom stereocenters. The summed E-state index contributed by atoms with van der Waals surface area (Å²) in [7, 11) is 2.34. The molecule has 0 saturated carbocycles. The first-order valence-electron chi connectivity index (χ1n) is 7.79. The van der Waals surface area contributed by atoms with Crippen LogP contribution in [0.5, 0.6) is 0 Å². The van der Waals surface area contributed by atoms with E-state index in [0.717, 1.165) is 31.3 Å². The van der Waals surface area contributed by atoms with Crippen LogP contribution >= 0.6 is 0 Å². The summed E-state index contributed by atoms with van der Waals surface area (Å²) in [5, 5.41) is 3.95. The van der Waals surface area contributed by atoms with Crippen LogP contribution in [0.15, 0.2) is 0 Å². The summed E-state index contributed by atoms with van der Waals surface area (Å²) in [4.78, 5) is 2.65. The molecule has 0 aliphatic carbocycles. The Kier molecular flexibility index (Phi) is 3.92. The molecule has 2 bridgehead atoms. The Balaban J connectivity index is 1.57. The van der Waals surface area contributed by atoms with Gasteiger partial charge in [-0.25, -0.2) is 0 Å². The van der Waals surface area contributed by atoms with Gasteiger partial charge in [-0.1, -0.05) is 13.3 Å². The number of fused-ring (bicyclic) bond motifs is 2. The van der Waals surface area contributed by atoms with Crippen molar-refractivity contribution in [2.24, 2.45) is 5.92 Å². The summed E-state index contributed by atoms with van der Waals surface area (Å²) >= 11 is 0. The maximum atomic E-state index is 5.54. The molecule has 0 spiro atoms. The molecule has 3 rings (SSSR count). The lowest BCUT2D eigenvalue weighted by molar-refractivity contribution is 0.0149. The fraction of sp³-hybridized carbons (Fsp3) is 1.00. The summed E-state index contributed by atoms with van der Waals surface area (Å²) in [5.74, 6) is 0.679. The van der Waals surface area contributed by atoms with Crippen LogP contribution in [0.1, 0.15) is 45.4 Å². The lowest BCUT2D eigenvalue weighted by Gasteiger charge is -2.48. The predicted octanol–water partition coefficient (Wildman–Crippen LogP) is 2.02. The van der Waals surface area contributed by atoms with Crippen LogP contribution in [0.4, 0.5) is 0 Å². The second-order valence-electron chi connectivity index (χ2n) is 6.69. The van der Waals surface area contributed by atoms with Gasteiger partial charge in [0.1, 0.15) is 0 Å². The lowest BCUT2D eigenvalue weighted by Crippen LogP contribution is -2.57. The van der Waals surface area contributed by atoms with Gasteiger partial charge in [-0.15, -0.1) is 0 Å². The van der Waals surface area contributed by atoms with Gasteiger partial charge in [0, 0.05) is 30.8 Å². The van der Waals surface area contributed by atoms with Crippen molar-refractivity contribution in [3.05, 3.63) is 0 Å². The molecule has 0 aromatic heterocycles. The van der Waals surface area contributed by atoms with Crippen LogP contribution in [0.2, 0.25) is 0 Å². The molecule has 3 fully saturated rings. The van der Waals surface area contributed by atoms with Gasteiger partial charge in [-0.2, -0.15) is 0 Å². The van der Waals surface area contributed by atoms with Crippen LogP contribution in [0.25, 0.3) is 0 Å². The number of ether oxygens (including phenoxy) is 1. The molecule has 3 saturated heterocycles. The highest BCUT2D eigenvalue weighted by Gasteiger charge is 2.37. The van der Waals surface area contributed by atoms with E-state index >= 15 is 0 Å². The fourth-order valence-electron chi connectivity index (χ4n) is 4.18. The van der Waals surface area contributed by atoms with E-state index in [-0.39, 0.29) is 0 Å². The smallest absolute Gasteiger partial charge is 0.0506 e. The third-order valence-electron chi connectivity index (χ3n) is 5.43. The monoisotopic (exact) mass is 252 g/mol. The molecule has 3 nitrogen and oxygen atoms in total. The summed E-state index contributed by atoms with van der Waals surface area (Å²) in [6, 6.07) is 3.12. The van der Waals surface area contributed by atoms with Crippen LogP contribution in [0.3, 0.4) is 0 Å². The van der Waals surface area contributed by atoms with Crippen molar-refractivity contribution in [3.63, 3.8) is 0 Å². The third-order valence-corrected chi connectivity index (χ3v) is 5.43. The molecular weight excluding hydrogens is 224 g/mol. The minimum Gasteiger partial charge on any atom is -0.381 e. The standard InChI is InChI=1S/C15H28N2O/c1-11-10-18-7-6-15(11)16-12-8-13-4-3-5-14(9-12)17(13)2/h11-16H,3-10H2,1-2H3. The third kappa shape index (κ3) is 2.59. The average Bonchev–Trinajstić information content (AvgIpc) is 2.33. The van der Waals surface area contributed by atoms with Crippen LogP contribution in [-0.2, 0) is 4.74 Å². The zero-order valence-corrected chi connectivity index (χ0v) is 11.9. The fourth-order valence-corrected chi connectivity index (χ4v) is 4.18. The van der Waals surface area contributed by atoms with Crippen molar-refractivity contribution in [1.82, 2.24) is 10.2 Å². The number of rotatable bonds is 2. The lowest BCUT2D eigenvalue weighted by atomic mass is 9.81. The van der Waals surface area contributed by atoms with Gasteiger partial charge >= 0.3 is 0 Å². The maximum Gasteiger partial charge on any atom is 0.0506 e. The molecule has 3 aliphatic rings. The first kappa shape index (κ1) is 12.9. The highest BCUT2D eigenvalue weighted by molar-refractivity contribution is 4.95. The molecule has 0 aromatic carbocycles. The Hall–Kier alpha value is -0.120. The van der Waals surface area contributed by atoms with Crippen molar-refractivity contribution in [2.45, 2.75) is 69.6 Å². The Morgan fingerprint density at radius 1 is 1.11 bits per heavy atom. The van der Waals surface area contributed by atoms with Crippen LogP contribution < -0.4 is 5.32 Å². The second kappa shape index (κ2) is 5.48. The normalized spacial score (nSPS) is 46.0. The van der Waals surface area contributed by atoms with E-state index in [1.807, 2.05) is 0 Å². The van der Waals surface area contributed by atoms with E-state index in [2.05, 4.69) is 24.2 Å². The van der Waals surface area contributed by atoms with Gasteiger partial charge < -0.3 is 15.0 Å². The van der Waals surface area contributed by atoms with Gasteiger partial charge in [0.15, 0.2) is 0 Å². The summed E-state index contributed by atoms with van der Waals surface area (Å²) in [6.07, 6.45) is 8.18. The minimum absolute atomic E-state index is 0.679. The molecule has 3 heterocycles. The van der Waals surface area contributed by atoms with Gasteiger partial charge in [-0.3, -0.25) is 0 Å². The van der Waals surface area contributed by atoms with Gasteiger partial charge in [0.05, 0.1) is 6.61 Å². The highest BCUT2D eigenvalue weighted by Crippen LogP contribution is 2.33. The van der Waals surface area contributed by atoms with Gasteiger partial charge in [-0.05, 0) is 45.1 Å². The Labute approximate surface area is 111 Å². The topological polar surface area (TPSA) is 24.5 Å². The van der Waals surface area contributed by atoms with E-state index in [1.54, 1.807) is 0 Å². The zero-order chi connectivity index (χ0) is 12.5.